The predicted octanol–water partition coefficient (Wildman–Crippen LogP) is 2.55. The van der Waals surface area contributed by atoms with E-state index in [2.05, 4.69) is 26.0 Å². The van der Waals surface area contributed by atoms with Crippen molar-refractivity contribution in [1.29, 1.82) is 0 Å². The van der Waals surface area contributed by atoms with E-state index in [0.29, 0.717) is 24.8 Å². The normalized spacial score (nSPS) is 16.3. The fourth-order valence-corrected chi connectivity index (χ4v) is 7.86. The first-order valence-corrected chi connectivity index (χ1v) is 21.8. The molecule has 2 fully saturated rings. The number of aliphatic carboxylic acids is 2. The first kappa shape index (κ1) is 49.6. The van der Waals surface area contributed by atoms with Gasteiger partial charge in [0.15, 0.2) is 0 Å². The number of likely N-dealkylation sites (N-methyl/N-ethyl adjacent to an activating group) is 1. The molecule has 0 saturated heterocycles. The Labute approximate surface area is 342 Å². The number of hydrogen-bond acceptors (Lipinski definition) is 9. The minimum atomic E-state index is -4.04. The van der Waals surface area contributed by atoms with Crippen LogP contribution in [0, 0.1) is 17.8 Å². The van der Waals surface area contributed by atoms with Crippen molar-refractivity contribution in [3.8, 4) is 0 Å². The Morgan fingerprint density at radius 1 is 0.690 bits per heavy atom. The molecule has 0 aliphatic heterocycles. The smallest absolute Gasteiger partial charge is 0.323 e. The van der Waals surface area contributed by atoms with Crippen LogP contribution in [0.2, 0.25) is 0 Å². The van der Waals surface area contributed by atoms with Gasteiger partial charge in [-0.1, -0.05) is 89.3 Å². The van der Waals surface area contributed by atoms with E-state index in [9.17, 15) is 47.1 Å². The van der Waals surface area contributed by atoms with Crippen LogP contribution in [0.25, 0.3) is 0 Å². The maximum absolute atomic E-state index is 12.3. The Kier molecular flexibility index (Phi) is 22.6. The van der Waals surface area contributed by atoms with Crippen molar-refractivity contribution in [2.24, 2.45) is 17.8 Å². The van der Waals surface area contributed by atoms with Crippen LogP contribution in [0.1, 0.15) is 110 Å². The molecule has 1 unspecified atom stereocenters. The highest BCUT2D eigenvalue weighted by Crippen LogP contribution is 2.28. The topological polar surface area (TPSA) is 257 Å². The van der Waals surface area contributed by atoms with E-state index >= 15 is 0 Å². The number of hydrogen-bond donors (Lipinski definition) is 7. The SMILES string of the molecule is C[C@@H](CNC(=O)CNC(=O)[C@H](C)N(C)C(=O)CCC1CCCCC1)C(=O)O.O=C(CCC(=O)NCC(NS(=O)(=O)c1ccccc1)C(=O)O)NCCC1CCCCC1. The third kappa shape index (κ3) is 19.7. The van der Waals surface area contributed by atoms with E-state index in [1.54, 1.807) is 20.0 Å². The van der Waals surface area contributed by atoms with Gasteiger partial charge in [-0.05, 0) is 43.7 Å². The molecule has 3 atom stereocenters. The third-order valence-electron chi connectivity index (χ3n) is 10.6. The fraction of sp³-hybridized carbons (Fsp3) is 0.675. The maximum atomic E-state index is 12.3. The van der Waals surface area contributed by atoms with E-state index in [1.165, 1.54) is 100 Å². The Balaban J connectivity index is 0.000000404. The van der Waals surface area contributed by atoms with Gasteiger partial charge in [-0.3, -0.25) is 33.6 Å². The highest BCUT2D eigenvalue weighted by Gasteiger charge is 2.27. The molecule has 17 nitrogen and oxygen atoms in total. The second-order valence-corrected chi connectivity index (χ2v) is 17.0. The van der Waals surface area contributed by atoms with Crippen LogP contribution in [-0.4, -0.2) is 110 Å². The van der Waals surface area contributed by atoms with Crippen LogP contribution >= 0.6 is 0 Å². The Hall–Kier alpha value is -4.58. The van der Waals surface area contributed by atoms with E-state index in [1.807, 2.05) is 0 Å². The average Bonchev–Trinajstić information content (AvgIpc) is 3.22. The average molecular weight is 837 g/mol. The number of benzene rings is 1. The van der Waals surface area contributed by atoms with E-state index in [4.69, 9.17) is 5.11 Å². The minimum Gasteiger partial charge on any atom is -0.481 e. The quantitative estimate of drug-likeness (QED) is 0.0893. The molecule has 0 bridgehead atoms. The van der Waals surface area contributed by atoms with Crippen LogP contribution in [-0.2, 0) is 43.6 Å². The van der Waals surface area contributed by atoms with Crippen molar-refractivity contribution in [1.82, 2.24) is 30.9 Å². The van der Waals surface area contributed by atoms with Gasteiger partial charge in [-0.15, -0.1) is 0 Å². The Bertz CT molecular complexity index is 1600. The lowest BCUT2D eigenvalue weighted by Gasteiger charge is -2.26. The molecule has 2 saturated carbocycles. The van der Waals surface area contributed by atoms with Gasteiger partial charge < -0.3 is 36.4 Å². The molecule has 1 aromatic carbocycles. The third-order valence-corrected chi connectivity index (χ3v) is 12.1. The molecular formula is C40H64N6O11S. The van der Waals surface area contributed by atoms with Gasteiger partial charge in [-0.25, -0.2) is 8.42 Å². The van der Waals surface area contributed by atoms with Crippen molar-refractivity contribution < 1.29 is 52.2 Å². The molecule has 7 N–H and O–H groups in total. The second-order valence-electron chi connectivity index (χ2n) is 15.3. The zero-order valence-electron chi connectivity index (χ0n) is 34.1. The van der Waals surface area contributed by atoms with Gasteiger partial charge in [-0.2, -0.15) is 4.72 Å². The first-order valence-electron chi connectivity index (χ1n) is 20.4. The number of carbonyl (C=O) groups excluding carboxylic acids is 5. The van der Waals surface area contributed by atoms with Gasteiger partial charge >= 0.3 is 11.9 Å². The molecule has 3 rings (SSSR count). The van der Waals surface area contributed by atoms with Crippen LogP contribution < -0.4 is 26.0 Å². The van der Waals surface area contributed by atoms with Gasteiger partial charge in [0.1, 0.15) is 12.1 Å². The van der Waals surface area contributed by atoms with Gasteiger partial charge in [0.05, 0.1) is 17.4 Å². The van der Waals surface area contributed by atoms with Gasteiger partial charge in [0.2, 0.25) is 39.6 Å². The summed E-state index contributed by atoms with van der Waals surface area (Å²) < 4.78 is 26.6. The van der Waals surface area contributed by atoms with Crippen molar-refractivity contribution in [3.05, 3.63) is 30.3 Å². The molecule has 0 heterocycles. The summed E-state index contributed by atoms with van der Waals surface area (Å²) >= 11 is 0. The number of sulfonamides is 1. The zero-order valence-corrected chi connectivity index (χ0v) is 34.9. The summed E-state index contributed by atoms with van der Waals surface area (Å²) in [5, 5.41) is 28.2. The number of carboxylic acid groups (broad SMARTS) is 2. The number of nitrogens with one attached hydrogen (secondary N) is 5. The lowest BCUT2D eigenvalue weighted by Crippen LogP contribution is -2.48. The van der Waals surface area contributed by atoms with Crippen LogP contribution in [0.15, 0.2) is 35.2 Å². The molecule has 58 heavy (non-hydrogen) atoms. The number of carboxylic acids is 2. The molecular weight excluding hydrogens is 773 g/mol. The molecule has 2 aliphatic rings. The molecule has 2 aliphatic carbocycles. The van der Waals surface area contributed by atoms with E-state index in [0.717, 1.165) is 12.8 Å². The minimum absolute atomic E-state index is 0.000847. The summed E-state index contributed by atoms with van der Waals surface area (Å²) in [5.74, 6) is -3.54. The molecule has 1 aromatic rings. The molecule has 0 spiro atoms. The standard InChI is InChI=1S/C21H31N3O6S.C19H33N3O5/c25-19(22-14-13-16-7-3-1-4-8-16)11-12-20(26)23-15-18(21(27)28)24-31(29,30)17-9-5-2-6-10-17;1-13(19(26)27)11-20-16(23)12-21-18(25)14(2)22(3)17(24)10-9-15-7-5-4-6-8-15/h2,5-6,9-10,16,18,24H,1,3-4,7-8,11-15H2,(H,22,25)(H,23,26)(H,27,28);13-15H,4-12H2,1-3H3,(H,20,23)(H,21,25)(H,26,27)/t;13-,14-/m.0/s1. The highest BCUT2D eigenvalue weighted by molar-refractivity contribution is 7.89. The van der Waals surface area contributed by atoms with Crippen molar-refractivity contribution >= 4 is 51.5 Å². The van der Waals surface area contributed by atoms with Crippen LogP contribution in [0.4, 0.5) is 0 Å². The number of nitrogens with zero attached hydrogens (tertiary/aromatic N) is 1. The molecule has 18 heteroatoms. The summed E-state index contributed by atoms with van der Waals surface area (Å²) in [6, 6.07) is 5.16. The molecule has 326 valence electrons. The van der Waals surface area contributed by atoms with Crippen molar-refractivity contribution in [3.63, 3.8) is 0 Å². The Morgan fingerprint density at radius 2 is 1.22 bits per heavy atom. The largest absolute Gasteiger partial charge is 0.481 e. The van der Waals surface area contributed by atoms with E-state index in [-0.39, 0.29) is 42.6 Å². The summed E-state index contributed by atoms with van der Waals surface area (Å²) in [7, 11) is -2.44. The summed E-state index contributed by atoms with van der Waals surface area (Å²) in [5.41, 5.74) is 0. The van der Waals surface area contributed by atoms with E-state index < -0.39 is 64.2 Å². The van der Waals surface area contributed by atoms with Gasteiger partial charge in [0.25, 0.3) is 0 Å². The van der Waals surface area contributed by atoms with Gasteiger partial charge in [0, 0.05) is 45.9 Å². The van der Waals surface area contributed by atoms with Crippen molar-refractivity contribution in [2.45, 2.75) is 127 Å². The monoisotopic (exact) mass is 836 g/mol. The van der Waals surface area contributed by atoms with Crippen LogP contribution in [0.5, 0.6) is 0 Å². The number of carbonyl (C=O) groups is 7. The lowest BCUT2D eigenvalue weighted by molar-refractivity contribution is -0.141. The highest BCUT2D eigenvalue weighted by atomic mass is 32.2. The first-order chi connectivity index (χ1) is 27.5. The van der Waals surface area contributed by atoms with Crippen LogP contribution in [0.3, 0.4) is 0 Å². The molecule has 0 radical (unpaired) electrons. The summed E-state index contributed by atoms with van der Waals surface area (Å²) in [4.78, 5) is 83.5. The lowest BCUT2D eigenvalue weighted by atomic mass is 9.86. The fourth-order valence-electron chi connectivity index (χ4n) is 6.65. The maximum Gasteiger partial charge on any atom is 0.323 e. The van der Waals surface area contributed by atoms with Crippen molar-refractivity contribution in [2.75, 3.05) is 33.2 Å². The zero-order chi connectivity index (χ0) is 43.1. The number of amides is 5. The molecule has 5 amide bonds. The molecule has 0 aromatic heterocycles. The summed E-state index contributed by atoms with van der Waals surface area (Å²) in [6.45, 7) is 3.02. The predicted molar refractivity (Wildman–Crippen MR) is 215 cm³/mol. The summed E-state index contributed by atoms with van der Waals surface area (Å²) in [6.07, 6.45) is 14.4. The number of rotatable bonds is 22. The second kappa shape index (κ2) is 26.4. The Morgan fingerprint density at radius 3 is 1.78 bits per heavy atom.